The lowest BCUT2D eigenvalue weighted by atomic mass is 9.76. The number of hydrogen-bond acceptors (Lipinski definition) is 2. The van der Waals surface area contributed by atoms with Gasteiger partial charge in [0.1, 0.15) is 5.54 Å². The van der Waals surface area contributed by atoms with Crippen molar-refractivity contribution in [1.29, 1.82) is 0 Å². The predicted molar refractivity (Wildman–Crippen MR) is 71.9 cm³/mol. The van der Waals surface area contributed by atoms with Crippen molar-refractivity contribution < 1.29 is 14.7 Å². The topological polar surface area (TPSA) is 78.4 Å². The predicted octanol–water partition coefficient (Wildman–Crippen LogP) is 2.12. The minimum absolute atomic E-state index is 0.210. The van der Waals surface area contributed by atoms with E-state index in [0.717, 1.165) is 25.7 Å². The van der Waals surface area contributed by atoms with Crippen molar-refractivity contribution in [1.82, 2.24) is 10.6 Å². The van der Waals surface area contributed by atoms with Crippen molar-refractivity contribution in [2.45, 2.75) is 64.0 Å². The number of carbonyl (C=O) groups is 2. The molecule has 2 rings (SSSR count). The normalized spacial score (nSPS) is 38.1. The Balaban J connectivity index is 1.92. The van der Waals surface area contributed by atoms with E-state index in [1.54, 1.807) is 0 Å². The van der Waals surface area contributed by atoms with Crippen LogP contribution in [0.15, 0.2) is 0 Å². The Morgan fingerprint density at radius 3 is 2.42 bits per heavy atom. The molecule has 2 aliphatic rings. The zero-order valence-corrected chi connectivity index (χ0v) is 11.7. The van der Waals surface area contributed by atoms with Gasteiger partial charge in [0.05, 0.1) is 0 Å². The average molecular weight is 268 g/mol. The highest BCUT2D eigenvalue weighted by Gasteiger charge is 2.43. The SMILES string of the molecule is CC1CC(NC(=O)NC2(C(=O)O)CCCC(C)C2)C1. The van der Waals surface area contributed by atoms with E-state index >= 15 is 0 Å². The van der Waals surface area contributed by atoms with Crippen molar-refractivity contribution in [3.63, 3.8) is 0 Å². The minimum Gasteiger partial charge on any atom is -0.480 e. The molecule has 0 aromatic heterocycles. The smallest absolute Gasteiger partial charge is 0.329 e. The number of carboxylic acid groups (broad SMARTS) is 1. The van der Waals surface area contributed by atoms with Gasteiger partial charge in [-0.25, -0.2) is 9.59 Å². The maximum absolute atomic E-state index is 12.0. The maximum Gasteiger partial charge on any atom is 0.329 e. The highest BCUT2D eigenvalue weighted by atomic mass is 16.4. The Morgan fingerprint density at radius 2 is 1.89 bits per heavy atom. The monoisotopic (exact) mass is 268 g/mol. The average Bonchev–Trinajstić information content (AvgIpc) is 2.26. The summed E-state index contributed by atoms with van der Waals surface area (Å²) >= 11 is 0. The summed E-state index contributed by atoms with van der Waals surface area (Å²) in [7, 11) is 0. The van der Waals surface area contributed by atoms with Gasteiger partial charge in [-0.1, -0.05) is 26.7 Å². The second-order valence-electron chi connectivity index (χ2n) is 6.46. The van der Waals surface area contributed by atoms with Crippen LogP contribution in [0.25, 0.3) is 0 Å². The summed E-state index contributed by atoms with van der Waals surface area (Å²) in [6.07, 6.45) is 4.93. The Morgan fingerprint density at radius 1 is 1.21 bits per heavy atom. The number of rotatable bonds is 3. The lowest BCUT2D eigenvalue weighted by Crippen LogP contribution is -2.60. The third-order valence-electron chi connectivity index (χ3n) is 4.47. The summed E-state index contributed by atoms with van der Waals surface area (Å²) in [5.41, 5.74) is -1.07. The van der Waals surface area contributed by atoms with Gasteiger partial charge in [-0.3, -0.25) is 0 Å². The molecule has 2 amide bonds. The van der Waals surface area contributed by atoms with Crippen molar-refractivity contribution in [3.8, 4) is 0 Å². The van der Waals surface area contributed by atoms with Crippen LogP contribution in [0.1, 0.15) is 52.4 Å². The van der Waals surface area contributed by atoms with Crippen LogP contribution < -0.4 is 10.6 Å². The van der Waals surface area contributed by atoms with Crippen LogP contribution in [0.5, 0.6) is 0 Å². The zero-order valence-electron chi connectivity index (χ0n) is 11.7. The Labute approximate surface area is 114 Å². The van der Waals surface area contributed by atoms with E-state index in [9.17, 15) is 14.7 Å². The lowest BCUT2D eigenvalue weighted by Gasteiger charge is -2.39. The summed E-state index contributed by atoms with van der Waals surface area (Å²) in [6.45, 7) is 4.20. The Hall–Kier alpha value is -1.26. The molecule has 2 saturated carbocycles. The molecule has 2 atom stereocenters. The van der Waals surface area contributed by atoms with Crippen LogP contribution >= 0.6 is 0 Å². The lowest BCUT2D eigenvalue weighted by molar-refractivity contribution is -0.146. The van der Waals surface area contributed by atoms with E-state index in [1.165, 1.54) is 0 Å². The van der Waals surface area contributed by atoms with Crippen LogP contribution in [-0.4, -0.2) is 28.7 Å². The van der Waals surface area contributed by atoms with Crippen molar-refractivity contribution >= 4 is 12.0 Å². The van der Waals surface area contributed by atoms with Crippen molar-refractivity contribution in [3.05, 3.63) is 0 Å². The summed E-state index contributed by atoms with van der Waals surface area (Å²) in [5.74, 6) is 0.0958. The van der Waals surface area contributed by atoms with E-state index in [0.29, 0.717) is 24.7 Å². The van der Waals surface area contributed by atoms with Crippen LogP contribution in [0, 0.1) is 11.8 Å². The number of hydrogen-bond donors (Lipinski definition) is 3. The molecule has 0 spiro atoms. The number of carbonyl (C=O) groups excluding carboxylic acids is 1. The molecule has 5 heteroatoms. The molecule has 108 valence electrons. The van der Waals surface area contributed by atoms with Gasteiger partial charge in [0, 0.05) is 6.04 Å². The van der Waals surface area contributed by atoms with Crippen LogP contribution in [0.4, 0.5) is 4.79 Å². The molecule has 0 bridgehead atoms. The van der Waals surface area contributed by atoms with Gasteiger partial charge in [-0.15, -0.1) is 0 Å². The summed E-state index contributed by atoms with van der Waals surface area (Å²) in [4.78, 5) is 23.5. The van der Waals surface area contributed by atoms with Crippen LogP contribution in [-0.2, 0) is 4.79 Å². The van der Waals surface area contributed by atoms with Gasteiger partial charge >= 0.3 is 12.0 Å². The quantitative estimate of drug-likeness (QED) is 0.733. The second-order valence-corrected chi connectivity index (χ2v) is 6.46. The number of amides is 2. The van der Waals surface area contributed by atoms with Crippen LogP contribution in [0.3, 0.4) is 0 Å². The third kappa shape index (κ3) is 3.19. The first-order chi connectivity index (χ1) is 8.91. The molecule has 0 saturated heterocycles. The first kappa shape index (κ1) is 14.2. The Bertz CT molecular complexity index is 366. The third-order valence-corrected chi connectivity index (χ3v) is 4.47. The molecular weight excluding hydrogens is 244 g/mol. The molecule has 3 N–H and O–H groups in total. The highest BCUT2D eigenvalue weighted by molar-refractivity contribution is 5.86. The molecule has 5 nitrogen and oxygen atoms in total. The summed E-state index contributed by atoms with van der Waals surface area (Å²) < 4.78 is 0. The largest absolute Gasteiger partial charge is 0.480 e. The minimum atomic E-state index is -1.07. The van der Waals surface area contributed by atoms with E-state index in [1.807, 2.05) is 6.92 Å². The van der Waals surface area contributed by atoms with Crippen molar-refractivity contribution in [2.24, 2.45) is 11.8 Å². The first-order valence-corrected chi connectivity index (χ1v) is 7.23. The molecule has 2 aliphatic carbocycles. The molecule has 0 radical (unpaired) electrons. The molecule has 2 fully saturated rings. The number of nitrogens with one attached hydrogen (secondary N) is 2. The highest BCUT2D eigenvalue weighted by Crippen LogP contribution is 2.33. The van der Waals surface area contributed by atoms with Crippen molar-refractivity contribution in [2.75, 3.05) is 0 Å². The molecule has 0 heterocycles. The Kier molecular flexibility index (Phi) is 4.02. The fraction of sp³-hybridized carbons (Fsp3) is 0.857. The van der Waals surface area contributed by atoms with Gasteiger partial charge in [-0.2, -0.15) is 0 Å². The maximum atomic E-state index is 12.0. The molecule has 0 aliphatic heterocycles. The first-order valence-electron chi connectivity index (χ1n) is 7.23. The number of carboxylic acids is 1. The van der Waals surface area contributed by atoms with Gasteiger partial charge in [0.25, 0.3) is 0 Å². The molecule has 0 aromatic rings. The van der Waals surface area contributed by atoms with E-state index in [-0.39, 0.29) is 12.1 Å². The zero-order chi connectivity index (χ0) is 14.0. The number of urea groups is 1. The van der Waals surface area contributed by atoms with E-state index in [4.69, 9.17) is 0 Å². The molecule has 19 heavy (non-hydrogen) atoms. The fourth-order valence-corrected chi connectivity index (χ4v) is 3.37. The number of aliphatic carboxylic acids is 1. The van der Waals surface area contributed by atoms with Crippen LogP contribution in [0.2, 0.25) is 0 Å². The van der Waals surface area contributed by atoms with E-state index in [2.05, 4.69) is 17.6 Å². The summed E-state index contributed by atoms with van der Waals surface area (Å²) in [5, 5.41) is 15.1. The molecule has 0 aromatic carbocycles. The van der Waals surface area contributed by atoms with Gasteiger partial charge in [-0.05, 0) is 37.5 Å². The second kappa shape index (κ2) is 5.39. The standard InChI is InChI=1S/C14H24N2O3/c1-9-4-3-5-14(8-9,12(17)18)16-13(19)15-11-6-10(2)7-11/h9-11H,3-8H2,1-2H3,(H,17,18)(H2,15,16,19). The molecule has 2 unspecified atom stereocenters. The van der Waals surface area contributed by atoms with Gasteiger partial charge < -0.3 is 15.7 Å². The summed E-state index contributed by atoms with van der Waals surface area (Å²) in [6, 6.07) is -0.116. The molecular formula is C14H24N2O3. The fourth-order valence-electron chi connectivity index (χ4n) is 3.37. The van der Waals surface area contributed by atoms with Gasteiger partial charge in [0.15, 0.2) is 0 Å². The van der Waals surface area contributed by atoms with Gasteiger partial charge in [0.2, 0.25) is 0 Å². The van der Waals surface area contributed by atoms with E-state index < -0.39 is 11.5 Å².